The smallest absolute Gasteiger partial charge is 0.290 e. The molecule has 0 radical (unpaired) electrons. The molecule has 6 nitrogen and oxygen atoms in total. The van der Waals surface area contributed by atoms with Crippen LogP contribution in [-0.2, 0) is 0 Å². The predicted octanol–water partition coefficient (Wildman–Crippen LogP) is -0.376. The van der Waals surface area contributed by atoms with Crippen molar-refractivity contribution in [3.63, 3.8) is 0 Å². The molecule has 0 bridgehead atoms. The zero-order valence-corrected chi connectivity index (χ0v) is 11.9. The Kier molecular flexibility index (Phi) is 2.70. The Balaban J connectivity index is 2.37. The van der Waals surface area contributed by atoms with E-state index >= 15 is 0 Å². The van der Waals surface area contributed by atoms with Gasteiger partial charge in [0.1, 0.15) is 12.1 Å². The molecule has 0 fully saturated rings. The van der Waals surface area contributed by atoms with Crippen LogP contribution in [0.3, 0.4) is 0 Å². The molecule has 0 saturated carbocycles. The third-order valence-electron chi connectivity index (χ3n) is 2.70. The lowest BCUT2D eigenvalue weighted by atomic mass is 10.0. The van der Waals surface area contributed by atoms with Crippen molar-refractivity contribution >= 4 is 31.9 Å². The maximum atomic E-state index is 11.7. The normalized spacial score (nSPS) is 25.0. The van der Waals surface area contributed by atoms with Crippen LogP contribution in [0.2, 0.25) is 0 Å². The fraction of sp³-hybridized carbons (Fsp3) is 0.200. The van der Waals surface area contributed by atoms with Crippen LogP contribution >= 0.6 is 31.9 Å². The van der Waals surface area contributed by atoms with Gasteiger partial charge in [0.05, 0.1) is 0 Å². The first kappa shape index (κ1) is 11.8. The lowest BCUT2D eigenvalue weighted by molar-refractivity contribution is 0.616. The van der Waals surface area contributed by atoms with Crippen LogP contribution in [-0.4, -0.2) is 22.1 Å². The highest BCUT2D eigenvalue weighted by Crippen LogP contribution is 2.31. The monoisotopic (exact) mass is 372 g/mol. The Labute approximate surface area is 117 Å². The summed E-state index contributed by atoms with van der Waals surface area (Å²) in [5, 5.41) is 0.156. The average Bonchev–Trinajstić information content (AvgIpc) is 2.32. The van der Waals surface area contributed by atoms with E-state index in [1.165, 1.54) is 0 Å². The first-order chi connectivity index (χ1) is 8.56. The van der Waals surface area contributed by atoms with Gasteiger partial charge < -0.3 is 0 Å². The Bertz CT molecular complexity index is 818. The SMILES string of the molecule is O=c1[nH]c(=O)c2c([nH]1)=N[C@H]1C(Br)=CC=C(Br)[C@@H]1N=2. The molecular formula is C10H6Br2N4O2. The highest BCUT2D eigenvalue weighted by molar-refractivity contribution is 9.12. The zero-order valence-electron chi connectivity index (χ0n) is 8.78. The van der Waals surface area contributed by atoms with Gasteiger partial charge in [0.2, 0.25) is 0 Å². The molecule has 18 heavy (non-hydrogen) atoms. The molecule has 1 aromatic rings. The molecule has 2 aliphatic rings. The molecule has 1 aromatic heterocycles. The second-order valence-electron chi connectivity index (χ2n) is 3.86. The number of nitrogens with zero attached hydrogens (tertiary/aromatic N) is 2. The van der Waals surface area contributed by atoms with Crippen molar-refractivity contribution in [2.24, 2.45) is 9.98 Å². The molecule has 2 heterocycles. The number of halogens is 2. The van der Waals surface area contributed by atoms with Crippen LogP contribution in [0.5, 0.6) is 0 Å². The molecule has 2 N–H and O–H groups in total. The van der Waals surface area contributed by atoms with E-state index in [4.69, 9.17) is 0 Å². The summed E-state index contributed by atoms with van der Waals surface area (Å²) in [7, 11) is 0. The highest BCUT2D eigenvalue weighted by atomic mass is 79.9. The van der Waals surface area contributed by atoms with Gasteiger partial charge in [0.15, 0.2) is 10.8 Å². The van der Waals surface area contributed by atoms with E-state index in [1.807, 2.05) is 12.2 Å². The summed E-state index contributed by atoms with van der Waals surface area (Å²) in [5.41, 5.74) is -0.888. The third kappa shape index (κ3) is 1.76. The maximum absolute atomic E-state index is 11.7. The molecule has 0 saturated heterocycles. The number of aromatic nitrogens is 2. The lowest BCUT2D eigenvalue weighted by Crippen LogP contribution is -2.53. The van der Waals surface area contributed by atoms with Crippen LogP contribution in [0.15, 0.2) is 40.7 Å². The van der Waals surface area contributed by atoms with Crippen LogP contribution < -0.4 is 22.1 Å². The summed E-state index contributed by atoms with van der Waals surface area (Å²) in [6.45, 7) is 0. The molecule has 2 atom stereocenters. The quantitative estimate of drug-likeness (QED) is 0.649. The number of hydrogen-bond donors (Lipinski definition) is 2. The van der Waals surface area contributed by atoms with Gasteiger partial charge in [0.25, 0.3) is 5.56 Å². The van der Waals surface area contributed by atoms with Crippen molar-refractivity contribution in [1.82, 2.24) is 9.97 Å². The van der Waals surface area contributed by atoms with Crippen LogP contribution in [0.25, 0.3) is 0 Å². The molecular weight excluding hydrogens is 368 g/mol. The topological polar surface area (TPSA) is 90.4 Å². The van der Waals surface area contributed by atoms with E-state index in [-0.39, 0.29) is 22.9 Å². The fourth-order valence-corrected chi connectivity index (χ4v) is 2.85. The molecule has 1 aliphatic carbocycles. The number of hydrogen-bond acceptors (Lipinski definition) is 4. The van der Waals surface area contributed by atoms with Gasteiger partial charge in [0, 0.05) is 8.96 Å². The van der Waals surface area contributed by atoms with Crippen molar-refractivity contribution in [2.75, 3.05) is 0 Å². The number of rotatable bonds is 0. The van der Waals surface area contributed by atoms with Gasteiger partial charge in [-0.25, -0.2) is 4.79 Å². The summed E-state index contributed by atoms with van der Waals surface area (Å²) < 4.78 is 1.70. The first-order valence-corrected chi connectivity index (χ1v) is 6.66. The van der Waals surface area contributed by atoms with Gasteiger partial charge in [-0.15, -0.1) is 0 Å². The van der Waals surface area contributed by atoms with E-state index in [9.17, 15) is 9.59 Å². The second-order valence-corrected chi connectivity index (χ2v) is 5.69. The lowest BCUT2D eigenvalue weighted by Gasteiger charge is -2.25. The Hall–Kier alpha value is -1.28. The molecule has 92 valence electrons. The molecule has 3 rings (SSSR count). The number of fused-ring (bicyclic) bond motifs is 2. The summed E-state index contributed by atoms with van der Waals surface area (Å²) in [5.74, 6) is 0. The summed E-state index contributed by atoms with van der Waals surface area (Å²) in [6.07, 6.45) is 3.72. The van der Waals surface area contributed by atoms with E-state index < -0.39 is 11.2 Å². The minimum Gasteiger partial charge on any atom is -0.290 e. The Morgan fingerprint density at radius 1 is 1.00 bits per heavy atom. The molecule has 0 spiro atoms. The van der Waals surface area contributed by atoms with Crippen molar-refractivity contribution < 1.29 is 0 Å². The predicted molar refractivity (Wildman–Crippen MR) is 71.6 cm³/mol. The zero-order chi connectivity index (χ0) is 12.9. The summed E-state index contributed by atoms with van der Waals surface area (Å²) >= 11 is 6.82. The van der Waals surface area contributed by atoms with Crippen LogP contribution in [0.1, 0.15) is 0 Å². The van der Waals surface area contributed by atoms with Crippen molar-refractivity contribution in [3.8, 4) is 0 Å². The van der Waals surface area contributed by atoms with E-state index in [0.29, 0.717) is 0 Å². The average molecular weight is 374 g/mol. The van der Waals surface area contributed by atoms with Gasteiger partial charge >= 0.3 is 5.69 Å². The minimum atomic E-state index is -0.582. The van der Waals surface area contributed by atoms with Crippen LogP contribution in [0, 0.1) is 0 Å². The first-order valence-electron chi connectivity index (χ1n) is 5.07. The molecule has 0 unspecified atom stereocenters. The molecule has 0 aromatic carbocycles. The van der Waals surface area contributed by atoms with E-state index in [2.05, 4.69) is 51.8 Å². The van der Waals surface area contributed by atoms with Gasteiger partial charge in [-0.05, 0) is 12.2 Å². The maximum Gasteiger partial charge on any atom is 0.327 e. The highest BCUT2D eigenvalue weighted by Gasteiger charge is 2.30. The van der Waals surface area contributed by atoms with Crippen molar-refractivity contribution in [3.05, 3.63) is 52.8 Å². The molecule has 1 aliphatic heterocycles. The van der Waals surface area contributed by atoms with Gasteiger partial charge in [-0.1, -0.05) is 31.9 Å². The Morgan fingerprint density at radius 2 is 1.61 bits per heavy atom. The number of H-pyrrole nitrogens is 2. The minimum absolute atomic E-state index is 0.156. The van der Waals surface area contributed by atoms with E-state index in [0.717, 1.165) is 8.96 Å². The number of aromatic amines is 2. The van der Waals surface area contributed by atoms with Crippen LogP contribution in [0.4, 0.5) is 0 Å². The van der Waals surface area contributed by atoms with Crippen molar-refractivity contribution in [1.29, 1.82) is 0 Å². The third-order valence-corrected chi connectivity index (χ3v) is 4.17. The number of nitrogens with one attached hydrogen (secondary N) is 2. The van der Waals surface area contributed by atoms with Gasteiger partial charge in [-0.3, -0.25) is 24.7 Å². The van der Waals surface area contributed by atoms with Gasteiger partial charge in [-0.2, -0.15) is 0 Å². The van der Waals surface area contributed by atoms with E-state index in [1.54, 1.807) is 0 Å². The fourth-order valence-electron chi connectivity index (χ4n) is 1.88. The van der Waals surface area contributed by atoms with Crippen molar-refractivity contribution in [2.45, 2.75) is 12.1 Å². The number of allylic oxidation sites excluding steroid dienone is 2. The molecule has 0 amide bonds. The second kappa shape index (κ2) is 4.13. The molecule has 8 heteroatoms. The standard InChI is InChI=1S/C10H6Br2N4O2/c11-3-1-2-4(12)6-5(3)13-7-8(14-6)15-10(18)16-9(7)17/h1-2,5-6H,(H2,14,15,16,17,18)/t5-,6-/m0/s1. The largest absolute Gasteiger partial charge is 0.327 e. The summed E-state index contributed by atoms with van der Waals surface area (Å²) in [4.78, 5) is 36.2. The Morgan fingerprint density at radius 3 is 2.28 bits per heavy atom. The summed E-state index contributed by atoms with van der Waals surface area (Å²) in [6, 6.07) is -0.529.